The molecule has 0 saturated carbocycles. The van der Waals surface area contributed by atoms with Gasteiger partial charge in [0.2, 0.25) is 0 Å². The van der Waals surface area contributed by atoms with E-state index < -0.39 is 0 Å². The molecule has 1 aromatic rings. The maximum atomic E-state index is 13.4. The Morgan fingerprint density at radius 2 is 2.32 bits per heavy atom. The van der Waals surface area contributed by atoms with Gasteiger partial charge in [0.15, 0.2) is 0 Å². The Kier molecular flexibility index (Phi) is 5.14. The Morgan fingerprint density at radius 1 is 1.47 bits per heavy atom. The SMILES string of the molecule is CCCC1CCN(c2ncc(F)cc2CNCC)C1. The van der Waals surface area contributed by atoms with Crippen LogP contribution in [0.4, 0.5) is 10.2 Å². The van der Waals surface area contributed by atoms with Gasteiger partial charge in [-0.2, -0.15) is 0 Å². The molecule has 2 rings (SSSR count). The van der Waals surface area contributed by atoms with Crippen LogP contribution in [0.15, 0.2) is 12.3 Å². The van der Waals surface area contributed by atoms with E-state index in [2.05, 4.69) is 29.0 Å². The first-order valence-electron chi connectivity index (χ1n) is 7.34. The van der Waals surface area contributed by atoms with Crippen molar-refractivity contribution in [1.29, 1.82) is 0 Å². The van der Waals surface area contributed by atoms with Crippen molar-refractivity contribution in [1.82, 2.24) is 10.3 Å². The fraction of sp³-hybridized carbons (Fsp3) is 0.667. The van der Waals surface area contributed by atoms with Crippen LogP contribution in [-0.2, 0) is 6.54 Å². The highest BCUT2D eigenvalue weighted by atomic mass is 19.1. The van der Waals surface area contributed by atoms with Gasteiger partial charge in [-0.15, -0.1) is 0 Å². The highest BCUT2D eigenvalue weighted by molar-refractivity contribution is 5.47. The van der Waals surface area contributed by atoms with Crippen molar-refractivity contribution < 1.29 is 4.39 Å². The molecule has 0 spiro atoms. The fourth-order valence-corrected chi connectivity index (χ4v) is 2.82. The molecule has 3 nitrogen and oxygen atoms in total. The first kappa shape index (κ1) is 14.3. The molecule has 1 aliphatic rings. The van der Waals surface area contributed by atoms with Gasteiger partial charge in [-0.25, -0.2) is 9.37 Å². The molecule has 1 aromatic heterocycles. The van der Waals surface area contributed by atoms with E-state index in [0.29, 0.717) is 6.54 Å². The maximum absolute atomic E-state index is 13.4. The van der Waals surface area contributed by atoms with E-state index in [0.717, 1.165) is 36.9 Å². The maximum Gasteiger partial charge on any atom is 0.141 e. The first-order chi connectivity index (χ1) is 9.24. The molecule has 4 heteroatoms. The number of nitrogens with zero attached hydrogens (tertiary/aromatic N) is 2. The van der Waals surface area contributed by atoms with Gasteiger partial charge >= 0.3 is 0 Å². The molecule has 1 fully saturated rings. The minimum atomic E-state index is -0.249. The minimum absolute atomic E-state index is 0.249. The van der Waals surface area contributed by atoms with Crippen molar-refractivity contribution in [3.8, 4) is 0 Å². The van der Waals surface area contributed by atoms with Crippen molar-refractivity contribution in [3.63, 3.8) is 0 Å². The zero-order valence-electron chi connectivity index (χ0n) is 12.0. The molecule has 0 radical (unpaired) electrons. The van der Waals surface area contributed by atoms with Crippen molar-refractivity contribution in [2.45, 2.75) is 39.7 Å². The molecule has 0 aliphatic carbocycles. The quantitative estimate of drug-likeness (QED) is 0.857. The van der Waals surface area contributed by atoms with Crippen LogP contribution in [0.5, 0.6) is 0 Å². The third-order valence-corrected chi connectivity index (χ3v) is 3.76. The average Bonchev–Trinajstić information content (AvgIpc) is 2.85. The third kappa shape index (κ3) is 3.66. The van der Waals surface area contributed by atoms with Crippen LogP contribution >= 0.6 is 0 Å². The van der Waals surface area contributed by atoms with E-state index in [4.69, 9.17) is 0 Å². The second-order valence-electron chi connectivity index (χ2n) is 5.31. The summed E-state index contributed by atoms with van der Waals surface area (Å²) in [6.07, 6.45) is 5.07. The zero-order chi connectivity index (χ0) is 13.7. The topological polar surface area (TPSA) is 28.2 Å². The van der Waals surface area contributed by atoms with Crippen LogP contribution in [0, 0.1) is 11.7 Å². The summed E-state index contributed by atoms with van der Waals surface area (Å²) in [6, 6.07) is 1.61. The molecule has 2 heterocycles. The molecule has 1 saturated heterocycles. The van der Waals surface area contributed by atoms with Crippen molar-refractivity contribution in [2.75, 3.05) is 24.5 Å². The van der Waals surface area contributed by atoms with E-state index in [-0.39, 0.29) is 5.82 Å². The van der Waals surface area contributed by atoms with Crippen LogP contribution in [0.25, 0.3) is 0 Å². The van der Waals surface area contributed by atoms with E-state index in [9.17, 15) is 4.39 Å². The number of pyridine rings is 1. The summed E-state index contributed by atoms with van der Waals surface area (Å²) in [5.41, 5.74) is 0.971. The standard InChI is InChI=1S/C15H24FN3/c1-3-5-12-6-7-19(11-12)15-13(9-17-4-2)8-14(16)10-18-15/h8,10,12,17H,3-7,9,11H2,1-2H3. The van der Waals surface area contributed by atoms with Gasteiger partial charge in [-0.05, 0) is 31.4 Å². The molecule has 1 unspecified atom stereocenters. The summed E-state index contributed by atoms with van der Waals surface area (Å²) in [5.74, 6) is 1.48. The van der Waals surface area contributed by atoms with Crippen LogP contribution in [0.3, 0.4) is 0 Å². The highest BCUT2D eigenvalue weighted by Crippen LogP contribution is 2.27. The summed E-state index contributed by atoms with van der Waals surface area (Å²) < 4.78 is 13.4. The smallest absolute Gasteiger partial charge is 0.141 e. The Morgan fingerprint density at radius 3 is 3.05 bits per heavy atom. The van der Waals surface area contributed by atoms with E-state index in [1.807, 2.05) is 0 Å². The van der Waals surface area contributed by atoms with Crippen LogP contribution in [0.2, 0.25) is 0 Å². The molecule has 0 bridgehead atoms. The predicted octanol–water partition coefficient (Wildman–Crippen LogP) is 2.96. The van der Waals surface area contributed by atoms with E-state index >= 15 is 0 Å². The monoisotopic (exact) mass is 265 g/mol. The van der Waals surface area contributed by atoms with Gasteiger partial charge < -0.3 is 10.2 Å². The highest BCUT2D eigenvalue weighted by Gasteiger charge is 2.24. The summed E-state index contributed by atoms with van der Waals surface area (Å²) in [5, 5.41) is 3.26. The van der Waals surface area contributed by atoms with Crippen molar-refractivity contribution in [3.05, 3.63) is 23.6 Å². The molecule has 1 N–H and O–H groups in total. The minimum Gasteiger partial charge on any atom is -0.356 e. The van der Waals surface area contributed by atoms with E-state index in [1.165, 1.54) is 25.5 Å². The number of aromatic nitrogens is 1. The lowest BCUT2D eigenvalue weighted by Gasteiger charge is -2.21. The largest absolute Gasteiger partial charge is 0.356 e. The lowest BCUT2D eigenvalue weighted by Crippen LogP contribution is -2.24. The fourth-order valence-electron chi connectivity index (χ4n) is 2.82. The molecular formula is C15H24FN3. The number of hydrogen-bond acceptors (Lipinski definition) is 3. The zero-order valence-corrected chi connectivity index (χ0v) is 12.0. The van der Waals surface area contributed by atoms with Gasteiger partial charge in [0, 0.05) is 25.2 Å². The average molecular weight is 265 g/mol. The molecule has 0 amide bonds. The molecule has 1 aliphatic heterocycles. The summed E-state index contributed by atoms with van der Waals surface area (Å²) >= 11 is 0. The van der Waals surface area contributed by atoms with Gasteiger partial charge in [-0.3, -0.25) is 0 Å². The van der Waals surface area contributed by atoms with E-state index in [1.54, 1.807) is 6.07 Å². The lowest BCUT2D eigenvalue weighted by atomic mass is 10.0. The Balaban J connectivity index is 2.10. The molecule has 19 heavy (non-hydrogen) atoms. The molecular weight excluding hydrogens is 241 g/mol. The Labute approximate surface area is 115 Å². The van der Waals surface area contributed by atoms with Crippen LogP contribution < -0.4 is 10.2 Å². The van der Waals surface area contributed by atoms with Gasteiger partial charge in [0.1, 0.15) is 11.6 Å². The van der Waals surface area contributed by atoms with Crippen molar-refractivity contribution in [2.24, 2.45) is 5.92 Å². The number of rotatable bonds is 6. The van der Waals surface area contributed by atoms with Gasteiger partial charge in [-0.1, -0.05) is 20.3 Å². The second kappa shape index (κ2) is 6.85. The third-order valence-electron chi connectivity index (χ3n) is 3.76. The number of nitrogens with one attached hydrogen (secondary N) is 1. The Bertz CT molecular complexity index is 408. The molecule has 0 aromatic carbocycles. The molecule has 1 atom stereocenters. The second-order valence-corrected chi connectivity index (χ2v) is 5.31. The normalized spacial score (nSPS) is 19.1. The summed E-state index contributed by atoms with van der Waals surface area (Å²) in [7, 11) is 0. The van der Waals surface area contributed by atoms with Gasteiger partial charge in [0.05, 0.1) is 6.20 Å². The number of halogens is 1. The first-order valence-corrected chi connectivity index (χ1v) is 7.34. The summed E-state index contributed by atoms with van der Waals surface area (Å²) in [4.78, 5) is 6.63. The van der Waals surface area contributed by atoms with Crippen molar-refractivity contribution >= 4 is 5.82 Å². The summed E-state index contributed by atoms with van der Waals surface area (Å²) in [6.45, 7) is 7.96. The van der Waals surface area contributed by atoms with Gasteiger partial charge in [0.25, 0.3) is 0 Å². The van der Waals surface area contributed by atoms with Crippen LogP contribution in [-0.4, -0.2) is 24.6 Å². The Hall–Kier alpha value is -1.16. The predicted molar refractivity (Wildman–Crippen MR) is 76.8 cm³/mol. The number of hydrogen-bond donors (Lipinski definition) is 1. The molecule has 106 valence electrons. The lowest BCUT2D eigenvalue weighted by molar-refractivity contribution is 0.529. The van der Waals surface area contributed by atoms with Crippen LogP contribution in [0.1, 0.15) is 38.7 Å². The number of anilines is 1.